The molecule has 188 valence electrons. The Bertz CT molecular complexity index is 1190. The number of benzene rings is 1. The number of unbranched alkanes of at least 4 members (excludes halogenated alkanes) is 11. The summed E-state index contributed by atoms with van der Waals surface area (Å²) in [6, 6.07) is 4.38. The van der Waals surface area contributed by atoms with Crippen molar-refractivity contribution in [2.45, 2.75) is 96.8 Å². The zero-order valence-corrected chi connectivity index (χ0v) is 20.7. The molecule has 0 radical (unpaired) electrons. The molecule has 3 rings (SSSR count). The van der Waals surface area contributed by atoms with E-state index in [-0.39, 0.29) is 16.8 Å². The van der Waals surface area contributed by atoms with Crippen molar-refractivity contribution in [2.75, 3.05) is 0 Å². The molecule has 0 aliphatic rings. The first-order chi connectivity index (χ1) is 17.2. The minimum absolute atomic E-state index is 0.121. The number of rotatable bonds is 17. The fraction of sp³-hybridized carbons (Fsp3) is 0.536. The fourth-order valence-electron chi connectivity index (χ4n) is 4.44. The Morgan fingerprint density at radius 3 is 1.97 bits per heavy atom. The summed E-state index contributed by atoms with van der Waals surface area (Å²) in [5.74, 6) is 0.571. The van der Waals surface area contributed by atoms with Gasteiger partial charge in [0.15, 0.2) is 0 Å². The predicted octanol–water partition coefficient (Wildman–Crippen LogP) is 9.52. The lowest BCUT2D eigenvalue weighted by molar-refractivity contribution is 0.453. The minimum atomic E-state index is -0.521. The number of hydrogen-bond donors (Lipinski definition) is 0. The average molecular weight is 481 g/mol. The highest BCUT2D eigenvalue weighted by Crippen LogP contribution is 2.37. The minimum Gasteiger partial charge on any atom is -0.456 e. The van der Waals surface area contributed by atoms with E-state index >= 15 is 0 Å². The fourth-order valence-corrected chi connectivity index (χ4v) is 4.44. The van der Waals surface area contributed by atoms with E-state index in [0.29, 0.717) is 28.7 Å². The van der Waals surface area contributed by atoms with Gasteiger partial charge in [0, 0.05) is 23.9 Å². The molecule has 0 fully saturated rings. The molecule has 0 saturated heterocycles. The van der Waals surface area contributed by atoms with E-state index in [4.69, 9.17) is 8.83 Å². The van der Waals surface area contributed by atoms with Crippen molar-refractivity contribution < 1.29 is 8.83 Å². The van der Waals surface area contributed by atoms with Crippen LogP contribution in [0, 0.1) is 9.81 Å². The lowest BCUT2D eigenvalue weighted by Crippen LogP contribution is -2.01. The molecule has 35 heavy (non-hydrogen) atoms. The zero-order chi connectivity index (χ0) is 24.9. The molecule has 0 N–H and O–H groups in total. The number of furan rings is 1. The number of hydrogen-bond acceptors (Lipinski definition) is 7. The first-order valence-electron chi connectivity index (χ1n) is 13.0. The highest BCUT2D eigenvalue weighted by atomic mass is 16.4. The first-order valence-corrected chi connectivity index (χ1v) is 13.0. The molecule has 7 nitrogen and oxygen atoms in total. The molecule has 7 heteroatoms. The molecule has 0 spiro atoms. The van der Waals surface area contributed by atoms with Crippen LogP contribution < -0.4 is 5.63 Å². The van der Waals surface area contributed by atoms with Crippen molar-refractivity contribution in [2.24, 2.45) is 10.4 Å². The summed E-state index contributed by atoms with van der Waals surface area (Å²) >= 11 is 0. The number of aryl methyl sites for hydroxylation is 1. The Labute approximate surface area is 205 Å². The quantitative estimate of drug-likeness (QED) is 0.109. The van der Waals surface area contributed by atoms with E-state index < -0.39 is 5.63 Å². The van der Waals surface area contributed by atoms with Gasteiger partial charge in [0.2, 0.25) is 0 Å². The maximum absolute atomic E-state index is 12.6. The van der Waals surface area contributed by atoms with Gasteiger partial charge in [0.25, 0.3) is 0 Å². The summed E-state index contributed by atoms with van der Waals surface area (Å²) < 4.78 is 11.2. The molecular weight excluding hydrogens is 444 g/mol. The van der Waals surface area contributed by atoms with Crippen LogP contribution in [0.3, 0.4) is 0 Å². The van der Waals surface area contributed by atoms with Crippen molar-refractivity contribution >= 4 is 33.3 Å². The van der Waals surface area contributed by atoms with Gasteiger partial charge in [-0.25, -0.2) is 4.79 Å². The molecule has 0 saturated carbocycles. The normalized spacial score (nSPS) is 11.7. The molecular formula is C28H36N2O5. The van der Waals surface area contributed by atoms with Crippen molar-refractivity contribution in [1.82, 2.24) is 0 Å². The second kappa shape index (κ2) is 14.3. The monoisotopic (exact) mass is 480 g/mol. The van der Waals surface area contributed by atoms with Gasteiger partial charge in [-0.05, 0) is 48.5 Å². The van der Waals surface area contributed by atoms with Gasteiger partial charge in [-0.2, -0.15) is 0 Å². The lowest BCUT2D eigenvalue weighted by atomic mass is 10.1. The summed E-state index contributed by atoms with van der Waals surface area (Å²) in [7, 11) is 0. The summed E-state index contributed by atoms with van der Waals surface area (Å²) in [6.45, 7) is 2.25. The molecule has 3 aromatic rings. The van der Waals surface area contributed by atoms with E-state index in [1.807, 2.05) is 0 Å². The van der Waals surface area contributed by atoms with Crippen LogP contribution in [0.1, 0.15) is 96.2 Å². The van der Waals surface area contributed by atoms with Crippen LogP contribution in [0.4, 0.5) is 11.4 Å². The molecule has 0 amide bonds. The number of nitrogens with zero attached hydrogens (tertiary/aromatic N) is 2. The third-order valence-corrected chi connectivity index (χ3v) is 6.41. The molecule has 0 aliphatic heterocycles. The Balaban J connectivity index is 1.38. The zero-order valence-electron chi connectivity index (χ0n) is 20.7. The maximum atomic E-state index is 12.6. The largest absolute Gasteiger partial charge is 0.456 e. The summed E-state index contributed by atoms with van der Waals surface area (Å²) in [5.41, 5.74) is -0.101. The molecule has 1 aromatic carbocycles. The van der Waals surface area contributed by atoms with Gasteiger partial charge in [-0.3, -0.25) is 0 Å². The van der Waals surface area contributed by atoms with E-state index in [0.717, 1.165) is 25.7 Å². The van der Waals surface area contributed by atoms with Crippen LogP contribution in [0.5, 0.6) is 0 Å². The average Bonchev–Trinajstić information content (AvgIpc) is 3.23. The van der Waals surface area contributed by atoms with Crippen LogP contribution in [0.15, 0.2) is 54.3 Å². The number of nitroso groups, excluding NO2 is 2. The standard InChI is InChI=1S/C28H36N2O5/c1-2-3-4-5-6-7-8-9-10-11-12-13-14-15-16-17-21-18-26-27(28(31)34-21)22-19-23(29-32)24(30-33)20-25(22)35-26/h9-10,18-20H,2-8,11-17H2,1H3/b10-9+. The molecule has 0 atom stereocenters. The van der Waals surface area contributed by atoms with Crippen LogP contribution in [-0.2, 0) is 6.42 Å². The van der Waals surface area contributed by atoms with Crippen molar-refractivity contribution in [1.29, 1.82) is 0 Å². The topological polar surface area (TPSA) is 102 Å². The smallest absolute Gasteiger partial charge is 0.347 e. The Hall–Kier alpha value is -3.09. The van der Waals surface area contributed by atoms with E-state index in [9.17, 15) is 14.6 Å². The lowest BCUT2D eigenvalue weighted by Gasteiger charge is -2.01. The molecule has 2 heterocycles. The highest BCUT2D eigenvalue weighted by molar-refractivity contribution is 6.06. The Morgan fingerprint density at radius 2 is 1.31 bits per heavy atom. The van der Waals surface area contributed by atoms with E-state index in [2.05, 4.69) is 29.4 Å². The van der Waals surface area contributed by atoms with Gasteiger partial charge in [-0.15, -0.1) is 9.81 Å². The predicted molar refractivity (Wildman–Crippen MR) is 142 cm³/mol. The summed E-state index contributed by atoms with van der Waals surface area (Å²) in [6.07, 6.45) is 21.3. The molecule has 0 unspecified atom stereocenters. The van der Waals surface area contributed by atoms with E-state index in [1.54, 1.807) is 6.07 Å². The maximum Gasteiger partial charge on any atom is 0.347 e. The second-order valence-corrected chi connectivity index (χ2v) is 9.20. The third kappa shape index (κ3) is 7.70. The second-order valence-electron chi connectivity index (χ2n) is 9.20. The van der Waals surface area contributed by atoms with Gasteiger partial charge in [0.05, 0.1) is 0 Å². The van der Waals surface area contributed by atoms with Gasteiger partial charge < -0.3 is 8.83 Å². The van der Waals surface area contributed by atoms with Gasteiger partial charge in [0.1, 0.15) is 33.7 Å². The van der Waals surface area contributed by atoms with E-state index in [1.165, 1.54) is 69.9 Å². The highest BCUT2D eigenvalue weighted by Gasteiger charge is 2.17. The number of allylic oxidation sites excluding steroid dienone is 2. The third-order valence-electron chi connectivity index (χ3n) is 6.41. The molecule has 2 aromatic heterocycles. The van der Waals surface area contributed by atoms with Crippen molar-refractivity contribution in [3.05, 3.63) is 56.3 Å². The summed E-state index contributed by atoms with van der Waals surface area (Å²) in [5, 5.41) is 6.24. The van der Waals surface area contributed by atoms with Gasteiger partial charge in [-0.1, -0.05) is 70.4 Å². The Kier molecular flexibility index (Phi) is 10.9. The van der Waals surface area contributed by atoms with Crippen LogP contribution in [0.2, 0.25) is 0 Å². The van der Waals surface area contributed by atoms with Crippen molar-refractivity contribution in [3.8, 4) is 0 Å². The molecule has 0 bridgehead atoms. The summed E-state index contributed by atoms with van der Waals surface area (Å²) in [4.78, 5) is 34.4. The SMILES string of the molecule is CCCCCCCC/C=C/CCCCCCCc1cc2oc3cc(N=O)c(N=O)cc3c2c(=O)o1. The van der Waals surface area contributed by atoms with Crippen LogP contribution >= 0.6 is 0 Å². The first kappa shape index (κ1) is 26.5. The van der Waals surface area contributed by atoms with Gasteiger partial charge >= 0.3 is 5.63 Å². The van der Waals surface area contributed by atoms with Crippen LogP contribution in [0.25, 0.3) is 21.9 Å². The van der Waals surface area contributed by atoms with Crippen molar-refractivity contribution in [3.63, 3.8) is 0 Å². The van der Waals surface area contributed by atoms with Crippen LogP contribution in [-0.4, -0.2) is 0 Å². The Morgan fingerprint density at radius 1 is 0.714 bits per heavy atom. The molecule has 0 aliphatic carbocycles. The number of fused-ring (bicyclic) bond motifs is 3.